The number of rotatable bonds is 4. The number of halogens is 3. The van der Waals surface area contributed by atoms with Gasteiger partial charge in [0.2, 0.25) is 0 Å². The van der Waals surface area contributed by atoms with Gasteiger partial charge in [0.05, 0.1) is 0 Å². The van der Waals surface area contributed by atoms with E-state index in [1.807, 2.05) is 13.0 Å². The Bertz CT molecular complexity index is 611. The number of hydrogen-bond acceptors (Lipinski definition) is 3. The lowest BCUT2D eigenvalue weighted by atomic mass is 10.1. The summed E-state index contributed by atoms with van der Waals surface area (Å²) in [6, 6.07) is 6.87. The Morgan fingerprint density at radius 1 is 1.30 bits per heavy atom. The predicted octanol–water partition coefficient (Wildman–Crippen LogP) is 3.78. The topological polar surface area (TPSA) is 34.1 Å². The number of fused-ring (bicyclic) bond motifs is 1. The summed E-state index contributed by atoms with van der Waals surface area (Å²) >= 11 is 0. The minimum absolute atomic E-state index is 0.138. The van der Waals surface area contributed by atoms with Crippen LogP contribution in [0.2, 0.25) is 0 Å². The number of aromatic nitrogens is 1. The van der Waals surface area contributed by atoms with Crippen molar-refractivity contribution < 1.29 is 17.9 Å². The van der Waals surface area contributed by atoms with Crippen molar-refractivity contribution in [3.05, 3.63) is 29.8 Å². The maximum atomic E-state index is 12.2. The second-order valence-electron chi connectivity index (χ2n) is 4.33. The molecule has 0 spiro atoms. The van der Waals surface area contributed by atoms with Crippen molar-refractivity contribution in [3.8, 4) is 5.75 Å². The highest BCUT2D eigenvalue weighted by molar-refractivity contribution is 5.87. The van der Waals surface area contributed by atoms with E-state index >= 15 is 0 Å². The molecule has 6 heteroatoms. The van der Waals surface area contributed by atoms with E-state index in [0.29, 0.717) is 11.3 Å². The van der Waals surface area contributed by atoms with E-state index in [4.69, 9.17) is 4.74 Å². The third-order valence-corrected chi connectivity index (χ3v) is 2.90. The Balaban J connectivity index is 2.45. The van der Waals surface area contributed by atoms with Crippen LogP contribution in [0, 0.1) is 0 Å². The van der Waals surface area contributed by atoms with Crippen LogP contribution >= 0.6 is 0 Å². The standard InChI is InChI=1S/C14H15F3N2O/c1-3-9-7-10-5-4-6-11(20-8-14(15,16)17)12(10)19-13(9)18-2/h4-7H,3,8H2,1-2H3,(H,18,19). The van der Waals surface area contributed by atoms with Crippen LogP contribution in [0.5, 0.6) is 5.75 Å². The van der Waals surface area contributed by atoms with E-state index < -0.39 is 12.8 Å². The molecule has 0 atom stereocenters. The maximum Gasteiger partial charge on any atom is 0.422 e. The van der Waals surface area contributed by atoms with E-state index in [1.54, 1.807) is 19.2 Å². The van der Waals surface area contributed by atoms with E-state index in [9.17, 15) is 13.2 Å². The van der Waals surface area contributed by atoms with Gasteiger partial charge in [-0.3, -0.25) is 0 Å². The number of hydrogen-bond donors (Lipinski definition) is 1. The first kappa shape index (κ1) is 14.4. The summed E-state index contributed by atoms with van der Waals surface area (Å²) in [6.07, 6.45) is -3.58. The van der Waals surface area contributed by atoms with Crippen molar-refractivity contribution in [2.24, 2.45) is 0 Å². The number of para-hydroxylation sites is 1. The zero-order valence-electron chi connectivity index (χ0n) is 11.2. The van der Waals surface area contributed by atoms with Crippen LogP contribution in [0.3, 0.4) is 0 Å². The van der Waals surface area contributed by atoms with Gasteiger partial charge in [-0.15, -0.1) is 0 Å². The summed E-state index contributed by atoms with van der Waals surface area (Å²) in [5, 5.41) is 3.71. The Morgan fingerprint density at radius 2 is 2.05 bits per heavy atom. The molecule has 108 valence electrons. The fourth-order valence-corrected chi connectivity index (χ4v) is 1.98. The Morgan fingerprint density at radius 3 is 2.65 bits per heavy atom. The van der Waals surface area contributed by atoms with E-state index in [2.05, 4.69) is 10.3 Å². The molecule has 3 nitrogen and oxygen atoms in total. The molecule has 1 aromatic heterocycles. The van der Waals surface area contributed by atoms with E-state index in [-0.39, 0.29) is 5.75 Å². The first-order valence-electron chi connectivity index (χ1n) is 6.24. The Kier molecular flexibility index (Phi) is 4.01. The molecule has 0 fully saturated rings. The lowest BCUT2D eigenvalue weighted by molar-refractivity contribution is -0.153. The number of pyridine rings is 1. The van der Waals surface area contributed by atoms with Gasteiger partial charge in [0, 0.05) is 12.4 Å². The number of ether oxygens (including phenoxy) is 1. The van der Waals surface area contributed by atoms with Crippen LogP contribution in [0.4, 0.5) is 19.0 Å². The first-order chi connectivity index (χ1) is 9.44. The summed E-state index contributed by atoms with van der Waals surface area (Å²) in [5.41, 5.74) is 1.44. The van der Waals surface area contributed by atoms with Gasteiger partial charge >= 0.3 is 6.18 Å². The summed E-state index contributed by atoms with van der Waals surface area (Å²) in [6.45, 7) is 0.673. The molecular weight excluding hydrogens is 269 g/mol. The SMILES string of the molecule is CCc1cc2cccc(OCC(F)(F)F)c2nc1NC. The summed E-state index contributed by atoms with van der Waals surface area (Å²) in [7, 11) is 1.73. The van der Waals surface area contributed by atoms with E-state index in [1.165, 1.54) is 6.07 Å². The second-order valence-corrected chi connectivity index (χ2v) is 4.33. The second kappa shape index (κ2) is 5.56. The van der Waals surface area contributed by atoms with E-state index in [0.717, 1.165) is 17.4 Å². The summed E-state index contributed by atoms with van der Waals surface area (Å²) in [4.78, 5) is 4.36. The van der Waals surface area contributed by atoms with Crippen LogP contribution in [-0.2, 0) is 6.42 Å². The lowest BCUT2D eigenvalue weighted by Crippen LogP contribution is -2.19. The molecule has 0 aliphatic heterocycles. The number of alkyl halides is 3. The lowest BCUT2D eigenvalue weighted by Gasteiger charge is -2.13. The van der Waals surface area contributed by atoms with Crippen molar-refractivity contribution in [3.63, 3.8) is 0 Å². The number of nitrogens with one attached hydrogen (secondary N) is 1. The molecule has 0 unspecified atom stereocenters. The van der Waals surface area contributed by atoms with Crippen LogP contribution in [0.1, 0.15) is 12.5 Å². The number of anilines is 1. The monoisotopic (exact) mass is 284 g/mol. The molecule has 0 saturated heterocycles. The van der Waals surface area contributed by atoms with Crippen LogP contribution in [0.25, 0.3) is 10.9 Å². The van der Waals surface area contributed by atoms with Crippen LogP contribution in [0.15, 0.2) is 24.3 Å². The quantitative estimate of drug-likeness (QED) is 0.927. The third-order valence-electron chi connectivity index (χ3n) is 2.90. The minimum atomic E-state index is -4.36. The van der Waals surface area contributed by atoms with Crippen molar-refractivity contribution >= 4 is 16.7 Å². The summed E-state index contributed by atoms with van der Waals surface area (Å²) < 4.78 is 41.6. The number of benzene rings is 1. The largest absolute Gasteiger partial charge is 0.482 e. The molecule has 2 aromatic rings. The van der Waals surface area contributed by atoms with Gasteiger partial charge in [-0.2, -0.15) is 13.2 Å². The van der Waals surface area contributed by atoms with Crippen molar-refractivity contribution in [1.82, 2.24) is 4.98 Å². The normalized spacial score (nSPS) is 11.7. The van der Waals surface area contributed by atoms with Gasteiger partial charge in [-0.1, -0.05) is 19.1 Å². The smallest absolute Gasteiger partial charge is 0.422 e. The third kappa shape index (κ3) is 3.12. The molecule has 1 aromatic carbocycles. The Hall–Kier alpha value is -1.98. The van der Waals surface area contributed by atoms with Crippen LogP contribution < -0.4 is 10.1 Å². The molecule has 0 saturated carbocycles. The average molecular weight is 284 g/mol. The average Bonchev–Trinajstić information content (AvgIpc) is 2.42. The molecule has 2 rings (SSSR count). The molecule has 0 aliphatic rings. The van der Waals surface area contributed by atoms with Gasteiger partial charge in [0.1, 0.15) is 17.1 Å². The first-order valence-corrected chi connectivity index (χ1v) is 6.24. The highest BCUT2D eigenvalue weighted by Gasteiger charge is 2.28. The molecule has 0 radical (unpaired) electrons. The predicted molar refractivity (Wildman–Crippen MR) is 72.2 cm³/mol. The van der Waals surface area contributed by atoms with Crippen molar-refractivity contribution in [2.45, 2.75) is 19.5 Å². The molecule has 1 heterocycles. The highest BCUT2D eigenvalue weighted by atomic mass is 19.4. The molecule has 1 N–H and O–H groups in total. The maximum absolute atomic E-state index is 12.2. The Labute approximate surface area is 114 Å². The molecule has 20 heavy (non-hydrogen) atoms. The fourth-order valence-electron chi connectivity index (χ4n) is 1.98. The molecular formula is C14H15F3N2O. The van der Waals surface area contributed by atoms with Gasteiger partial charge in [-0.05, 0) is 24.1 Å². The zero-order chi connectivity index (χ0) is 14.8. The molecule has 0 bridgehead atoms. The fraction of sp³-hybridized carbons (Fsp3) is 0.357. The van der Waals surface area contributed by atoms with Crippen molar-refractivity contribution in [2.75, 3.05) is 19.0 Å². The minimum Gasteiger partial charge on any atom is -0.482 e. The van der Waals surface area contributed by atoms with Crippen LogP contribution in [-0.4, -0.2) is 24.8 Å². The molecule has 0 aliphatic carbocycles. The summed E-state index contributed by atoms with van der Waals surface area (Å²) in [5.74, 6) is 0.794. The van der Waals surface area contributed by atoms with Gasteiger partial charge in [-0.25, -0.2) is 4.98 Å². The molecule has 0 amide bonds. The van der Waals surface area contributed by atoms with Crippen molar-refractivity contribution in [1.29, 1.82) is 0 Å². The van der Waals surface area contributed by atoms with Gasteiger partial charge in [0.25, 0.3) is 0 Å². The highest BCUT2D eigenvalue weighted by Crippen LogP contribution is 2.29. The van der Waals surface area contributed by atoms with Gasteiger partial charge in [0.15, 0.2) is 6.61 Å². The number of aryl methyl sites for hydroxylation is 1. The number of nitrogens with zero attached hydrogens (tertiary/aromatic N) is 1. The zero-order valence-corrected chi connectivity index (χ0v) is 11.2. The van der Waals surface area contributed by atoms with Gasteiger partial charge < -0.3 is 10.1 Å².